The minimum Gasteiger partial charge on any atom is -0.383 e. The molecule has 0 unspecified atom stereocenters. The number of halogens is 2. The standard InChI is InChI=1S/C15H19BrClN3O/c1-10-15(16)11(2)20(19-10)14-5-4-13(17)8-12(14)9-18-6-7-21-3/h4-5,8,18H,6-7,9H2,1-3H3. The zero-order valence-corrected chi connectivity index (χ0v) is 14.8. The monoisotopic (exact) mass is 371 g/mol. The van der Waals surface area contributed by atoms with Gasteiger partial charge in [0, 0.05) is 25.2 Å². The molecule has 1 N–H and O–H groups in total. The second-order valence-electron chi connectivity index (χ2n) is 4.84. The molecule has 1 aromatic carbocycles. The topological polar surface area (TPSA) is 39.1 Å². The molecule has 2 rings (SSSR count). The first-order chi connectivity index (χ1) is 10.0. The van der Waals surface area contributed by atoms with Gasteiger partial charge in [0.1, 0.15) is 0 Å². The molecule has 1 aromatic heterocycles. The number of nitrogens with one attached hydrogen (secondary N) is 1. The number of hydrogen-bond acceptors (Lipinski definition) is 3. The van der Waals surface area contributed by atoms with Gasteiger partial charge in [0.25, 0.3) is 0 Å². The summed E-state index contributed by atoms with van der Waals surface area (Å²) in [6.45, 7) is 6.22. The van der Waals surface area contributed by atoms with Crippen molar-refractivity contribution in [3.63, 3.8) is 0 Å². The number of hydrogen-bond donors (Lipinski definition) is 1. The molecule has 114 valence electrons. The van der Waals surface area contributed by atoms with E-state index in [1.54, 1.807) is 7.11 Å². The summed E-state index contributed by atoms with van der Waals surface area (Å²) in [7, 11) is 1.69. The quantitative estimate of drug-likeness (QED) is 0.787. The molecule has 6 heteroatoms. The molecule has 0 aliphatic carbocycles. The Balaban J connectivity index is 2.32. The van der Waals surface area contributed by atoms with Crippen LogP contribution in [0.4, 0.5) is 0 Å². The molecule has 0 bridgehead atoms. The molecule has 0 fully saturated rings. The van der Waals surface area contributed by atoms with E-state index < -0.39 is 0 Å². The van der Waals surface area contributed by atoms with Crippen LogP contribution < -0.4 is 5.32 Å². The summed E-state index contributed by atoms with van der Waals surface area (Å²) in [5.74, 6) is 0. The highest BCUT2D eigenvalue weighted by Crippen LogP contribution is 2.26. The fourth-order valence-electron chi connectivity index (χ4n) is 2.16. The van der Waals surface area contributed by atoms with Crippen molar-refractivity contribution in [3.8, 4) is 5.69 Å². The highest BCUT2D eigenvalue weighted by Gasteiger charge is 2.13. The van der Waals surface area contributed by atoms with E-state index in [1.807, 2.05) is 36.7 Å². The van der Waals surface area contributed by atoms with E-state index in [-0.39, 0.29) is 0 Å². The minimum absolute atomic E-state index is 0.682. The third-order valence-corrected chi connectivity index (χ3v) is 4.65. The van der Waals surface area contributed by atoms with Gasteiger partial charge < -0.3 is 10.1 Å². The molecule has 0 aliphatic rings. The summed E-state index contributed by atoms with van der Waals surface area (Å²) < 4.78 is 8.03. The second-order valence-corrected chi connectivity index (χ2v) is 6.07. The zero-order valence-electron chi connectivity index (χ0n) is 12.4. The Hall–Kier alpha value is -0.880. The maximum Gasteiger partial charge on any atom is 0.0743 e. The van der Waals surface area contributed by atoms with E-state index in [9.17, 15) is 0 Å². The van der Waals surface area contributed by atoms with E-state index >= 15 is 0 Å². The predicted molar refractivity (Wildman–Crippen MR) is 89.3 cm³/mol. The molecule has 0 saturated carbocycles. The number of methoxy groups -OCH3 is 1. The van der Waals surface area contributed by atoms with Crippen molar-refractivity contribution in [2.45, 2.75) is 20.4 Å². The fourth-order valence-corrected chi connectivity index (χ4v) is 2.60. The Labute approximate surface area is 138 Å². The van der Waals surface area contributed by atoms with Crippen LogP contribution >= 0.6 is 27.5 Å². The molecular formula is C15H19BrClN3O. The number of rotatable bonds is 6. The highest BCUT2D eigenvalue weighted by molar-refractivity contribution is 9.10. The molecule has 0 aliphatic heterocycles. The lowest BCUT2D eigenvalue weighted by atomic mass is 10.1. The normalized spacial score (nSPS) is 11.1. The van der Waals surface area contributed by atoms with Gasteiger partial charge in [-0.1, -0.05) is 11.6 Å². The van der Waals surface area contributed by atoms with Crippen LogP contribution in [0.25, 0.3) is 5.69 Å². The number of aromatic nitrogens is 2. The summed E-state index contributed by atoms with van der Waals surface area (Å²) in [5.41, 5.74) is 4.20. The summed E-state index contributed by atoms with van der Waals surface area (Å²) in [6.07, 6.45) is 0. The molecular weight excluding hydrogens is 354 g/mol. The number of nitrogens with zero attached hydrogens (tertiary/aromatic N) is 2. The van der Waals surface area contributed by atoms with Gasteiger partial charge in [0.05, 0.1) is 28.2 Å². The second kappa shape index (κ2) is 7.40. The first-order valence-corrected chi connectivity index (χ1v) is 7.92. The number of ether oxygens (including phenoxy) is 1. The predicted octanol–water partition coefficient (Wildman–Crippen LogP) is 3.64. The summed E-state index contributed by atoms with van der Waals surface area (Å²) >= 11 is 9.70. The Kier molecular flexibility index (Phi) is 5.81. The van der Waals surface area contributed by atoms with Crippen molar-refractivity contribution < 1.29 is 4.74 Å². The fraction of sp³-hybridized carbons (Fsp3) is 0.400. The molecule has 0 saturated heterocycles. The van der Waals surface area contributed by atoms with Crippen LogP contribution in [0.5, 0.6) is 0 Å². The Morgan fingerprint density at radius 2 is 2.14 bits per heavy atom. The Bertz CT molecular complexity index is 628. The van der Waals surface area contributed by atoms with Crippen molar-refractivity contribution in [2.24, 2.45) is 0 Å². The molecule has 0 amide bonds. The summed E-state index contributed by atoms with van der Waals surface area (Å²) in [4.78, 5) is 0. The van der Waals surface area contributed by atoms with Crippen LogP contribution in [-0.4, -0.2) is 30.0 Å². The van der Waals surface area contributed by atoms with Crippen LogP contribution in [0.2, 0.25) is 5.02 Å². The molecule has 21 heavy (non-hydrogen) atoms. The third kappa shape index (κ3) is 3.86. The van der Waals surface area contributed by atoms with E-state index in [2.05, 4.69) is 26.3 Å². The van der Waals surface area contributed by atoms with Gasteiger partial charge in [-0.05, 0) is 53.5 Å². The van der Waals surface area contributed by atoms with Gasteiger partial charge >= 0.3 is 0 Å². The van der Waals surface area contributed by atoms with Crippen molar-refractivity contribution >= 4 is 27.5 Å². The van der Waals surface area contributed by atoms with Crippen molar-refractivity contribution in [3.05, 3.63) is 44.6 Å². The van der Waals surface area contributed by atoms with E-state index in [0.29, 0.717) is 6.61 Å². The lowest BCUT2D eigenvalue weighted by Crippen LogP contribution is -2.20. The van der Waals surface area contributed by atoms with Crippen LogP contribution in [-0.2, 0) is 11.3 Å². The van der Waals surface area contributed by atoms with Gasteiger partial charge in [-0.2, -0.15) is 5.10 Å². The van der Waals surface area contributed by atoms with Gasteiger partial charge in [0.15, 0.2) is 0 Å². The molecule has 0 spiro atoms. The number of benzene rings is 1. The van der Waals surface area contributed by atoms with E-state index in [1.165, 1.54) is 0 Å². The minimum atomic E-state index is 0.682. The van der Waals surface area contributed by atoms with E-state index in [4.69, 9.17) is 16.3 Å². The van der Waals surface area contributed by atoms with Gasteiger partial charge in [-0.3, -0.25) is 0 Å². The van der Waals surface area contributed by atoms with Crippen LogP contribution in [0, 0.1) is 13.8 Å². The molecule has 1 heterocycles. The summed E-state index contributed by atoms with van der Waals surface area (Å²) in [6, 6.07) is 5.86. The SMILES string of the molecule is COCCNCc1cc(Cl)ccc1-n1nc(C)c(Br)c1C. The lowest BCUT2D eigenvalue weighted by Gasteiger charge is -2.13. The maximum absolute atomic E-state index is 6.13. The van der Waals surface area contributed by atoms with Crippen LogP contribution in [0.3, 0.4) is 0 Å². The lowest BCUT2D eigenvalue weighted by molar-refractivity contribution is 0.199. The number of aryl methyl sites for hydroxylation is 1. The molecule has 4 nitrogen and oxygen atoms in total. The molecule has 0 atom stereocenters. The van der Waals surface area contributed by atoms with Crippen molar-refractivity contribution in [1.82, 2.24) is 15.1 Å². The largest absolute Gasteiger partial charge is 0.383 e. The van der Waals surface area contributed by atoms with E-state index in [0.717, 1.165) is 45.2 Å². The zero-order chi connectivity index (χ0) is 15.4. The van der Waals surface area contributed by atoms with Crippen LogP contribution in [0.1, 0.15) is 17.0 Å². The van der Waals surface area contributed by atoms with Crippen LogP contribution in [0.15, 0.2) is 22.7 Å². The van der Waals surface area contributed by atoms with Gasteiger partial charge in [0.2, 0.25) is 0 Å². The molecule has 2 aromatic rings. The van der Waals surface area contributed by atoms with Gasteiger partial charge in [-0.25, -0.2) is 4.68 Å². The third-order valence-electron chi connectivity index (χ3n) is 3.27. The van der Waals surface area contributed by atoms with Gasteiger partial charge in [-0.15, -0.1) is 0 Å². The maximum atomic E-state index is 6.13. The Morgan fingerprint density at radius 1 is 1.38 bits per heavy atom. The van der Waals surface area contributed by atoms with Crippen molar-refractivity contribution in [1.29, 1.82) is 0 Å². The smallest absolute Gasteiger partial charge is 0.0743 e. The first kappa shape index (κ1) is 16.5. The first-order valence-electron chi connectivity index (χ1n) is 6.74. The highest BCUT2D eigenvalue weighted by atomic mass is 79.9. The average Bonchev–Trinajstić information content (AvgIpc) is 2.71. The molecule has 0 radical (unpaired) electrons. The average molecular weight is 373 g/mol. The summed E-state index contributed by atoms with van der Waals surface area (Å²) in [5, 5.41) is 8.66. The van der Waals surface area contributed by atoms with Crippen molar-refractivity contribution in [2.75, 3.05) is 20.3 Å². The Morgan fingerprint density at radius 3 is 2.76 bits per heavy atom.